The average molecular weight is 471 g/mol. The van der Waals surface area contributed by atoms with Gasteiger partial charge in [0.05, 0.1) is 19.2 Å². The third kappa shape index (κ3) is 3.96. The Morgan fingerprint density at radius 2 is 1.91 bits per heavy atom. The second kappa shape index (κ2) is 8.32. The zero-order valence-electron chi connectivity index (χ0n) is 18.8. The summed E-state index contributed by atoms with van der Waals surface area (Å²) in [6, 6.07) is 11.1. The first kappa shape index (κ1) is 22.2. The summed E-state index contributed by atoms with van der Waals surface area (Å²) in [6.45, 7) is 4.40. The largest absolute Gasteiger partial charge is 0.494 e. The lowest BCUT2D eigenvalue weighted by Gasteiger charge is -2.40. The van der Waals surface area contributed by atoms with E-state index in [0.29, 0.717) is 54.6 Å². The molecule has 1 aliphatic rings. The molecule has 178 valence electrons. The zero-order chi connectivity index (χ0) is 24.0. The van der Waals surface area contributed by atoms with E-state index in [1.54, 1.807) is 13.2 Å². The Balaban J connectivity index is 1.36. The van der Waals surface area contributed by atoms with Crippen molar-refractivity contribution in [1.82, 2.24) is 24.5 Å². The molecule has 2 N–H and O–H groups in total. The van der Waals surface area contributed by atoms with Crippen LogP contribution in [0.1, 0.15) is 18.3 Å². The number of nitrogens with zero attached hydrogens (tertiary/aromatic N) is 6. The molecule has 0 aliphatic carbocycles. The maximum absolute atomic E-state index is 13.1. The number of ether oxygens (including phenoxy) is 1. The number of halogens is 3. The molecule has 34 heavy (non-hydrogen) atoms. The van der Waals surface area contributed by atoms with Crippen LogP contribution < -0.4 is 15.4 Å². The van der Waals surface area contributed by atoms with E-state index in [0.717, 1.165) is 11.5 Å². The van der Waals surface area contributed by atoms with Crippen molar-refractivity contribution in [3.8, 4) is 5.75 Å². The van der Waals surface area contributed by atoms with Crippen LogP contribution in [-0.2, 0) is 12.7 Å². The van der Waals surface area contributed by atoms with E-state index in [2.05, 4.69) is 15.0 Å². The van der Waals surface area contributed by atoms with Crippen LogP contribution in [0.4, 0.5) is 24.8 Å². The Morgan fingerprint density at radius 3 is 2.65 bits per heavy atom. The molecule has 0 radical (unpaired) electrons. The SMILES string of the molecule is COc1cccc2c1nc(N)n1nc(CN3CCN(c4cccc(C(F)(F)F)c4)C[C@H]3C)nc21. The van der Waals surface area contributed by atoms with Gasteiger partial charge in [-0.15, -0.1) is 5.10 Å². The maximum Gasteiger partial charge on any atom is 0.416 e. The highest BCUT2D eigenvalue weighted by Gasteiger charge is 2.32. The van der Waals surface area contributed by atoms with Crippen LogP contribution >= 0.6 is 0 Å². The van der Waals surface area contributed by atoms with E-state index in [1.807, 2.05) is 30.0 Å². The highest BCUT2D eigenvalue weighted by atomic mass is 19.4. The van der Waals surface area contributed by atoms with Crippen molar-refractivity contribution in [3.63, 3.8) is 0 Å². The predicted molar refractivity (Wildman–Crippen MR) is 123 cm³/mol. The number of para-hydroxylation sites is 1. The van der Waals surface area contributed by atoms with Crippen LogP contribution in [0.25, 0.3) is 16.6 Å². The van der Waals surface area contributed by atoms with Gasteiger partial charge in [-0.25, -0.2) is 9.97 Å². The topological polar surface area (TPSA) is 84.8 Å². The minimum atomic E-state index is -4.36. The summed E-state index contributed by atoms with van der Waals surface area (Å²) in [4.78, 5) is 13.3. The fourth-order valence-corrected chi connectivity index (χ4v) is 4.43. The van der Waals surface area contributed by atoms with Crippen molar-refractivity contribution < 1.29 is 17.9 Å². The molecule has 2 aromatic heterocycles. The molecule has 2 aromatic carbocycles. The van der Waals surface area contributed by atoms with Crippen molar-refractivity contribution in [2.75, 3.05) is 37.4 Å². The number of anilines is 2. The van der Waals surface area contributed by atoms with E-state index >= 15 is 0 Å². The van der Waals surface area contributed by atoms with Gasteiger partial charge < -0.3 is 15.4 Å². The molecule has 11 heteroatoms. The first-order valence-electron chi connectivity index (χ1n) is 10.9. The van der Waals surface area contributed by atoms with Gasteiger partial charge in [0.25, 0.3) is 0 Å². The number of rotatable bonds is 4. The zero-order valence-corrected chi connectivity index (χ0v) is 18.8. The Hall–Kier alpha value is -3.60. The number of benzene rings is 2. The molecule has 0 saturated carbocycles. The molecule has 0 unspecified atom stereocenters. The van der Waals surface area contributed by atoms with Crippen LogP contribution in [-0.4, -0.2) is 57.3 Å². The molecular formula is C23H24F3N7O. The van der Waals surface area contributed by atoms with Crippen LogP contribution in [0.15, 0.2) is 42.5 Å². The summed E-state index contributed by atoms with van der Waals surface area (Å²) >= 11 is 0. The molecule has 0 amide bonds. The molecule has 0 spiro atoms. The summed E-state index contributed by atoms with van der Waals surface area (Å²) < 4.78 is 46.3. The van der Waals surface area contributed by atoms with Gasteiger partial charge in [0.1, 0.15) is 11.3 Å². The van der Waals surface area contributed by atoms with Crippen molar-refractivity contribution >= 4 is 28.2 Å². The van der Waals surface area contributed by atoms with Gasteiger partial charge in [-0.1, -0.05) is 12.1 Å². The van der Waals surface area contributed by atoms with Crippen LogP contribution in [0, 0.1) is 0 Å². The molecule has 0 bridgehead atoms. The summed E-state index contributed by atoms with van der Waals surface area (Å²) in [6.07, 6.45) is -4.36. The molecule has 1 fully saturated rings. The lowest BCUT2D eigenvalue weighted by atomic mass is 10.1. The molecule has 4 aromatic rings. The van der Waals surface area contributed by atoms with Crippen molar-refractivity contribution in [2.24, 2.45) is 0 Å². The molecule has 3 heterocycles. The Labute approximate surface area is 193 Å². The molecular weight excluding hydrogens is 447 g/mol. The number of hydrogen-bond acceptors (Lipinski definition) is 7. The van der Waals surface area contributed by atoms with Crippen molar-refractivity contribution in [2.45, 2.75) is 25.7 Å². The number of piperazine rings is 1. The van der Waals surface area contributed by atoms with E-state index in [4.69, 9.17) is 15.5 Å². The first-order chi connectivity index (χ1) is 16.2. The standard InChI is InChI=1S/C23H24F3N7O/c1-14-12-32(16-6-3-5-15(11-16)23(24,25)26)10-9-31(14)13-19-28-21-17-7-4-8-18(34-2)20(17)29-22(27)33(21)30-19/h3-8,11,14H,9-10,12-13H2,1-2H3,(H2,27,29)/t14-/m1/s1. The van der Waals surface area contributed by atoms with Crippen molar-refractivity contribution in [3.05, 3.63) is 53.9 Å². The Morgan fingerprint density at radius 1 is 1.12 bits per heavy atom. The van der Waals surface area contributed by atoms with E-state index < -0.39 is 11.7 Å². The summed E-state index contributed by atoms with van der Waals surface area (Å²) in [5.41, 5.74) is 7.30. The van der Waals surface area contributed by atoms with Gasteiger partial charge in [0, 0.05) is 36.7 Å². The lowest BCUT2D eigenvalue weighted by Crippen LogP contribution is -2.51. The average Bonchev–Trinajstić information content (AvgIpc) is 3.24. The number of alkyl halides is 3. The molecule has 1 saturated heterocycles. The fourth-order valence-electron chi connectivity index (χ4n) is 4.43. The number of fused-ring (bicyclic) bond motifs is 3. The van der Waals surface area contributed by atoms with E-state index in [1.165, 1.54) is 16.6 Å². The van der Waals surface area contributed by atoms with Crippen LogP contribution in [0.3, 0.4) is 0 Å². The van der Waals surface area contributed by atoms with Gasteiger partial charge in [-0.05, 0) is 37.3 Å². The van der Waals surface area contributed by atoms with Gasteiger partial charge in [-0.2, -0.15) is 17.7 Å². The highest BCUT2D eigenvalue weighted by Crippen LogP contribution is 2.32. The minimum absolute atomic E-state index is 0.0854. The minimum Gasteiger partial charge on any atom is -0.494 e. The lowest BCUT2D eigenvalue weighted by molar-refractivity contribution is -0.137. The second-order valence-electron chi connectivity index (χ2n) is 8.40. The number of hydrogen-bond donors (Lipinski definition) is 1. The van der Waals surface area contributed by atoms with Crippen molar-refractivity contribution in [1.29, 1.82) is 0 Å². The third-order valence-electron chi connectivity index (χ3n) is 6.20. The number of nitrogens with two attached hydrogens (primary N) is 1. The number of nitrogen functional groups attached to an aromatic ring is 1. The number of aromatic nitrogens is 4. The molecule has 1 aliphatic heterocycles. The quantitative estimate of drug-likeness (QED) is 0.487. The second-order valence-corrected chi connectivity index (χ2v) is 8.40. The monoisotopic (exact) mass is 471 g/mol. The fraction of sp³-hybridized carbons (Fsp3) is 0.348. The summed E-state index contributed by atoms with van der Waals surface area (Å²) in [7, 11) is 1.58. The molecule has 5 rings (SSSR count). The Bertz CT molecular complexity index is 1350. The predicted octanol–water partition coefficient (Wildman–Crippen LogP) is 3.60. The van der Waals surface area contributed by atoms with Gasteiger partial charge in [0.2, 0.25) is 5.95 Å². The van der Waals surface area contributed by atoms with Gasteiger partial charge in [0.15, 0.2) is 11.5 Å². The van der Waals surface area contributed by atoms with E-state index in [-0.39, 0.29) is 12.0 Å². The smallest absolute Gasteiger partial charge is 0.416 e. The number of methoxy groups -OCH3 is 1. The molecule has 1 atom stereocenters. The van der Waals surface area contributed by atoms with E-state index in [9.17, 15) is 13.2 Å². The van der Waals surface area contributed by atoms with Crippen LogP contribution in [0.5, 0.6) is 5.75 Å². The van der Waals surface area contributed by atoms with Gasteiger partial charge in [-0.3, -0.25) is 4.90 Å². The summed E-state index contributed by atoms with van der Waals surface area (Å²) in [5, 5.41) is 5.35. The molecule has 8 nitrogen and oxygen atoms in total. The first-order valence-corrected chi connectivity index (χ1v) is 10.9. The highest BCUT2D eigenvalue weighted by molar-refractivity contribution is 5.95. The van der Waals surface area contributed by atoms with Crippen LogP contribution in [0.2, 0.25) is 0 Å². The summed E-state index contributed by atoms with van der Waals surface area (Å²) in [5.74, 6) is 1.42. The van der Waals surface area contributed by atoms with Gasteiger partial charge >= 0.3 is 6.18 Å². The maximum atomic E-state index is 13.1. The third-order valence-corrected chi connectivity index (χ3v) is 6.20. The normalized spacial score (nSPS) is 17.6. The Kier molecular flexibility index (Phi) is 5.43.